The topological polar surface area (TPSA) is 63.1 Å². The number of aryl methyl sites for hydroxylation is 2. The van der Waals surface area contributed by atoms with Crippen LogP contribution in [0.2, 0.25) is 0 Å². The maximum absolute atomic E-state index is 12.9. The Balaban J connectivity index is 1.49. The molecule has 7 heteroatoms. The fourth-order valence-corrected chi connectivity index (χ4v) is 4.43. The summed E-state index contributed by atoms with van der Waals surface area (Å²) in [6.07, 6.45) is 10.2. The lowest BCUT2D eigenvalue weighted by molar-refractivity contribution is 0.187. The first-order chi connectivity index (χ1) is 11.6. The molecule has 0 unspecified atom stereocenters. The van der Waals surface area contributed by atoms with Crippen LogP contribution in [0.15, 0.2) is 18.6 Å². The zero-order chi connectivity index (χ0) is 16.7. The summed E-state index contributed by atoms with van der Waals surface area (Å²) in [5.74, 6) is 0.541. The number of carbonyl (C=O) groups excluding carboxylic acids is 1. The summed E-state index contributed by atoms with van der Waals surface area (Å²) in [4.78, 5) is 20.6. The molecule has 2 atom stereocenters. The molecule has 2 aliphatic rings. The normalized spacial score (nSPS) is 21.9. The molecule has 2 aromatic rings. The number of hydrogen-bond acceptors (Lipinski definition) is 4. The van der Waals surface area contributed by atoms with Crippen LogP contribution in [0.3, 0.4) is 0 Å². The van der Waals surface area contributed by atoms with E-state index in [0.29, 0.717) is 5.92 Å². The highest BCUT2D eigenvalue weighted by Crippen LogP contribution is 2.42. The monoisotopic (exact) mass is 345 g/mol. The lowest BCUT2D eigenvalue weighted by atomic mass is 10.1. The lowest BCUT2D eigenvalue weighted by Gasteiger charge is -2.27. The highest BCUT2D eigenvalue weighted by atomic mass is 32.1. The van der Waals surface area contributed by atoms with Gasteiger partial charge in [-0.2, -0.15) is 5.10 Å². The fourth-order valence-electron chi connectivity index (χ4n) is 3.51. The summed E-state index contributed by atoms with van der Waals surface area (Å²) < 4.78 is 1.80. The summed E-state index contributed by atoms with van der Waals surface area (Å²) >= 11 is 1.69. The molecule has 1 N–H and O–H groups in total. The minimum atomic E-state index is 0.0334. The Kier molecular flexibility index (Phi) is 4.04. The summed E-state index contributed by atoms with van der Waals surface area (Å²) in [5, 5.41) is 8.56. The molecule has 4 rings (SSSR count). The van der Waals surface area contributed by atoms with Crippen LogP contribution in [0.1, 0.15) is 53.2 Å². The minimum Gasteiger partial charge on any atom is -0.328 e. The molecule has 1 aliphatic heterocycles. The number of carbonyl (C=O) groups is 1. The van der Waals surface area contributed by atoms with Crippen molar-refractivity contribution in [2.24, 2.45) is 13.0 Å². The van der Waals surface area contributed by atoms with E-state index in [9.17, 15) is 4.79 Å². The molecule has 2 amide bonds. The van der Waals surface area contributed by atoms with Crippen molar-refractivity contribution in [2.75, 3.05) is 6.54 Å². The van der Waals surface area contributed by atoms with E-state index in [1.807, 2.05) is 30.5 Å². The van der Waals surface area contributed by atoms with Gasteiger partial charge in [-0.05, 0) is 38.5 Å². The molecule has 1 saturated heterocycles. The van der Waals surface area contributed by atoms with Crippen molar-refractivity contribution < 1.29 is 4.79 Å². The molecule has 0 bridgehead atoms. The van der Waals surface area contributed by atoms with Crippen molar-refractivity contribution in [2.45, 2.75) is 44.7 Å². The molecular formula is C17H23N5OS. The standard InChI is InChI=1S/C17H23N5OS/c1-11-8-18-16(24-11)15(12-5-6-12)20-17(23)22-7-3-4-14(22)13-9-19-21(2)10-13/h8-10,12,14-15H,3-7H2,1-2H3,(H,20,23)/t14-,15+/m0/s1. The third kappa shape index (κ3) is 3.05. The fraction of sp³-hybridized carbons (Fsp3) is 0.588. The van der Waals surface area contributed by atoms with E-state index in [4.69, 9.17) is 0 Å². The Morgan fingerprint density at radius 2 is 2.21 bits per heavy atom. The predicted octanol–water partition coefficient (Wildman–Crippen LogP) is 3.18. The first-order valence-corrected chi connectivity index (χ1v) is 9.41. The molecule has 1 saturated carbocycles. The maximum atomic E-state index is 12.9. The summed E-state index contributed by atoms with van der Waals surface area (Å²) in [6.45, 7) is 2.87. The smallest absolute Gasteiger partial charge is 0.318 e. The Morgan fingerprint density at radius 3 is 2.83 bits per heavy atom. The molecule has 0 aromatic carbocycles. The van der Waals surface area contributed by atoms with E-state index in [1.165, 1.54) is 17.7 Å². The van der Waals surface area contributed by atoms with Crippen LogP contribution >= 0.6 is 11.3 Å². The average molecular weight is 345 g/mol. The van der Waals surface area contributed by atoms with E-state index < -0.39 is 0 Å². The van der Waals surface area contributed by atoms with E-state index in [-0.39, 0.29) is 18.1 Å². The third-order valence-electron chi connectivity index (χ3n) is 4.90. The van der Waals surface area contributed by atoms with Gasteiger partial charge in [0.2, 0.25) is 0 Å². The van der Waals surface area contributed by atoms with Gasteiger partial charge in [0.25, 0.3) is 0 Å². The highest BCUT2D eigenvalue weighted by molar-refractivity contribution is 7.11. The second kappa shape index (κ2) is 6.20. The first-order valence-electron chi connectivity index (χ1n) is 8.60. The molecule has 6 nitrogen and oxygen atoms in total. The van der Waals surface area contributed by atoms with Crippen molar-refractivity contribution in [3.8, 4) is 0 Å². The van der Waals surface area contributed by atoms with Crippen molar-refractivity contribution in [3.63, 3.8) is 0 Å². The van der Waals surface area contributed by atoms with E-state index in [1.54, 1.807) is 16.0 Å². The molecule has 2 fully saturated rings. The number of rotatable bonds is 4. The second-order valence-corrected chi connectivity index (χ2v) is 8.14. The maximum Gasteiger partial charge on any atom is 0.318 e. The quantitative estimate of drug-likeness (QED) is 0.926. The van der Waals surface area contributed by atoms with Crippen LogP contribution in [0.5, 0.6) is 0 Å². The lowest BCUT2D eigenvalue weighted by Crippen LogP contribution is -2.41. The number of amides is 2. The zero-order valence-corrected chi connectivity index (χ0v) is 14.9. The highest BCUT2D eigenvalue weighted by Gasteiger charge is 2.38. The van der Waals surface area contributed by atoms with Crippen LogP contribution in [0.4, 0.5) is 4.79 Å². The van der Waals surface area contributed by atoms with E-state index in [0.717, 1.165) is 30.0 Å². The van der Waals surface area contributed by atoms with Gasteiger partial charge in [-0.3, -0.25) is 4.68 Å². The molecule has 0 spiro atoms. The molecule has 24 heavy (non-hydrogen) atoms. The van der Waals surface area contributed by atoms with Gasteiger partial charge < -0.3 is 10.2 Å². The number of thiazole rings is 1. The summed E-state index contributed by atoms with van der Waals surface area (Å²) in [5.41, 5.74) is 1.12. The average Bonchev–Trinajstić information content (AvgIpc) is 2.95. The Bertz CT molecular complexity index is 735. The molecule has 3 heterocycles. The third-order valence-corrected chi connectivity index (χ3v) is 5.90. The summed E-state index contributed by atoms with van der Waals surface area (Å²) in [6, 6.07) is 0.231. The molecule has 1 aliphatic carbocycles. The van der Waals surface area contributed by atoms with Crippen LogP contribution in [-0.4, -0.2) is 32.2 Å². The Labute approximate surface area is 145 Å². The van der Waals surface area contributed by atoms with Crippen LogP contribution in [0, 0.1) is 12.8 Å². The van der Waals surface area contributed by atoms with Crippen LogP contribution < -0.4 is 5.32 Å². The largest absolute Gasteiger partial charge is 0.328 e. The first kappa shape index (κ1) is 15.6. The van der Waals surface area contributed by atoms with Crippen molar-refractivity contribution >= 4 is 17.4 Å². The van der Waals surface area contributed by atoms with Crippen LogP contribution in [-0.2, 0) is 7.05 Å². The molecule has 0 radical (unpaired) electrons. The van der Waals surface area contributed by atoms with Gasteiger partial charge in [0, 0.05) is 36.4 Å². The van der Waals surface area contributed by atoms with Crippen molar-refractivity contribution in [1.29, 1.82) is 0 Å². The van der Waals surface area contributed by atoms with Gasteiger partial charge in [0.05, 0.1) is 18.3 Å². The number of nitrogens with one attached hydrogen (secondary N) is 1. The number of nitrogens with zero attached hydrogens (tertiary/aromatic N) is 4. The SMILES string of the molecule is Cc1cnc([C@H](NC(=O)N2CCC[C@H]2c2cnn(C)c2)C2CC2)s1. The molecular weight excluding hydrogens is 322 g/mol. The van der Waals surface area contributed by atoms with Gasteiger partial charge in [0.1, 0.15) is 5.01 Å². The van der Waals surface area contributed by atoms with E-state index >= 15 is 0 Å². The van der Waals surface area contributed by atoms with Gasteiger partial charge in [0.15, 0.2) is 0 Å². The second-order valence-electron chi connectivity index (χ2n) is 6.87. The van der Waals surface area contributed by atoms with Gasteiger partial charge >= 0.3 is 6.03 Å². The summed E-state index contributed by atoms with van der Waals surface area (Å²) in [7, 11) is 1.91. The zero-order valence-electron chi connectivity index (χ0n) is 14.1. The van der Waals surface area contributed by atoms with Crippen LogP contribution in [0.25, 0.3) is 0 Å². The number of hydrogen-bond donors (Lipinski definition) is 1. The molecule has 2 aromatic heterocycles. The van der Waals surface area contributed by atoms with Gasteiger partial charge in [-0.25, -0.2) is 9.78 Å². The van der Waals surface area contributed by atoms with Gasteiger partial charge in [-0.15, -0.1) is 11.3 Å². The number of likely N-dealkylation sites (tertiary alicyclic amines) is 1. The minimum absolute atomic E-state index is 0.0334. The van der Waals surface area contributed by atoms with E-state index in [2.05, 4.69) is 22.3 Å². The Morgan fingerprint density at radius 1 is 1.38 bits per heavy atom. The van der Waals surface area contributed by atoms with Crippen molar-refractivity contribution in [3.05, 3.63) is 34.0 Å². The number of aromatic nitrogens is 3. The molecule has 128 valence electrons. The van der Waals surface area contributed by atoms with Gasteiger partial charge in [-0.1, -0.05) is 0 Å². The van der Waals surface area contributed by atoms with Crippen molar-refractivity contribution in [1.82, 2.24) is 25.0 Å². The number of urea groups is 1. The Hall–Kier alpha value is -1.89. The predicted molar refractivity (Wildman–Crippen MR) is 92.7 cm³/mol.